The van der Waals surface area contributed by atoms with Crippen molar-refractivity contribution >= 4 is 15.8 Å². The van der Waals surface area contributed by atoms with Gasteiger partial charge in [-0.1, -0.05) is 133 Å². The first-order chi connectivity index (χ1) is 18.4. The zero-order valence-electron chi connectivity index (χ0n) is 26.2. The Morgan fingerprint density at radius 1 is 0.641 bits per heavy atom. The van der Waals surface area contributed by atoms with E-state index in [4.69, 9.17) is 0 Å². The fraction of sp³-hybridized carbons (Fsp3) is 0.657. The van der Waals surface area contributed by atoms with Crippen molar-refractivity contribution in [3.05, 3.63) is 70.8 Å². The van der Waals surface area contributed by atoms with Crippen LogP contribution in [0.4, 0.5) is 0 Å². The van der Waals surface area contributed by atoms with Gasteiger partial charge in [-0.25, -0.2) is 0 Å². The molecule has 2 saturated heterocycles. The van der Waals surface area contributed by atoms with Gasteiger partial charge in [0.15, 0.2) is 0 Å². The number of piperidine rings is 2. The van der Waals surface area contributed by atoms with Crippen molar-refractivity contribution in [3.8, 4) is 0 Å². The minimum atomic E-state index is -0.195. The highest BCUT2D eigenvalue weighted by Crippen LogP contribution is 2.62. The molecule has 2 aromatic rings. The quantitative estimate of drug-likeness (QED) is 0.311. The van der Waals surface area contributed by atoms with E-state index in [0.29, 0.717) is 21.9 Å². The Kier molecular flexibility index (Phi) is 10.4. The zero-order chi connectivity index (χ0) is 28.3. The Labute approximate surface area is 243 Å². The average molecular weight is 567 g/mol. The molecule has 2 atom stereocenters. The van der Waals surface area contributed by atoms with Crippen LogP contribution in [0.1, 0.15) is 116 Å². The Morgan fingerprint density at radius 2 is 1.21 bits per heavy atom. The molecular formula is C35H56N2P2. The van der Waals surface area contributed by atoms with Gasteiger partial charge in [-0.2, -0.15) is 0 Å². The predicted molar refractivity (Wildman–Crippen MR) is 177 cm³/mol. The Hall–Kier alpha value is -0.780. The lowest BCUT2D eigenvalue weighted by Crippen LogP contribution is -2.41. The topological polar surface area (TPSA) is 24.1 Å². The Balaban J connectivity index is 1.76. The van der Waals surface area contributed by atoms with Crippen molar-refractivity contribution in [2.45, 2.75) is 134 Å². The molecule has 0 aromatic heterocycles. The largest absolute Gasteiger partial charge is 0.310 e. The van der Waals surface area contributed by atoms with Crippen molar-refractivity contribution in [1.82, 2.24) is 10.6 Å². The van der Waals surface area contributed by atoms with E-state index in [-0.39, 0.29) is 21.3 Å². The summed E-state index contributed by atoms with van der Waals surface area (Å²) in [5.41, 5.74) is 6.12. The highest BCUT2D eigenvalue weighted by Gasteiger charge is 2.36. The maximum absolute atomic E-state index is 4.01. The van der Waals surface area contributed by atoms with E-state index < -0.39 is 0 Å². The molecule has 0 amide bonds. The minimum Gasteiger partial charge on any atom is -0.310 e. The number of nitrogens with one attached hydrogen (secondary N) is 2. The first-order valence-corrected chi connectivity index (χ1v) is 18.7. The molecule has 2 heterocycles. The van der Waals surface area contributed by atoms with Gasteiger partial charge in [-0.05, 0) is 83.7 Å². The average Bonchev–Trinajstić information content (AvgIpc) is 2.91. The predicted octanol–water partition coefficient (Wildman–Crippen LogP) is 9.77. The first kappa shape index (κ1) is 31.2. The van der Waals surface area contributed by atoms with E-state index in [1.165, 1.54) is 75.1 Å². The standard InChI is InChI=1S/C35H56N2P2/c1-33(2,3)39(34(4,5)6)26-27-20-21-30(35(7,8)29-16-10-9-11-17-29)24-28(27)25-38(31-18-12-14-22-36-31)32-19-13-15-23-37-32/h9-11,16-17,20-21,24,31-32,36-37H,12-15,18-19,22-23,25-26H2,1-8H3. The van der Waals surface area contributed by atoms with E-state index >= 15 is 0 Å². The van der Waals surface area contributed by atoms with E-state index in [1.807, 2.05) is 0 Å². The summed E-state index contributed by atoms with van der Waals surface area (Å²) in [4.78, 5) is 0. The monoisotopic (exact) mass is 566 g/mol. The zero-order valence-corrected chi connectivity index (χ0v) is 28.0. The molecule has 216 valence electrons. The van der Waals surface area contributed by atoms with Crippen LogP contribution in [0.15, 0.2) is 48.5 Å². The van der Waals surface area contributed by atoms with Crippen LogP contribution in [0.2, 0.25) is 0 Å². The Bertz CT molecular complexity index is 1010. The fourth-order valence-electron chi connectivity index (χ4n) is 6.86. The van der Waals surface area contributed by atoms with Gasteiger partial charge in [0.1, 0.15) is 0 Å². The molecule has 2 fully saturated rings. The maximum Gasteiger partial charge on any atom is 0.0286 e. The summed E-state index contributed by atoms with van der Waals surface area (Å²) in [6.45, 7) is 22.1. The number of hydrogen-bond acceptors (Lipinski definition) is 2. The van der Waals surface area contributed by atoms with Crippen LogP contribution in [0.25, 0.3) is 0 Å². The SMILES string of the molecule is CC(C)(c1ccccc1)c1ccc(CP(C(C)(C)C)C(C)(C)C)c(CP(C2CCCCN2)C2CCCCN2)c1. The summed E-state index contributed by atoms with van der Waals surface area (Å²) >= 11 is 0. The van der Waals surface area contributed by atoms with Gasteiger partial charge in [-0.3, -0.25) is 0 Å². The molecule has 2 aromatic carbocycles. The van der Waals surface area contributed by atoms with E-state index in [9.17, 15) is 0 Å². The van der Waals surface area contributed by atoms with Gasteiger partial charge >= 0.3 is 0 Å². The third-order valence-electron chi connectivity index (χ3n) is 9.09. The van der Waals surface area contributed by atoms with Crippen molar-refractivity contribution in [2.24, 2.45) is 0 Å². The van der Waals surface area contributed by atoms with Crippen LogP contribution in [0.5, 0.6) is 0 Å². The molecule has 39 heavy (non-hydrogen) atoms. The lowest BCUT2D eigenvalue weighted by Gasteiger charge is -2.43. The molecule has 0 aliphatic carbocycles. The smallest absolute Gasteiger partial charge is 0.0286 e. The van der Waals surface area contributed by atoms with Crippen molar-refractivity contribution in [2.75, 3.05) is 13.1 Å². The van der Waals surface area contributed by atoms with Crippen LogP contribution in [0.3, 0.4) is 0 Å². The van der Waals surface area contributed by atoms with Crippen LogP contribution >= 0.6 is 15.8 Å². The summed E-state index contributed by atoms with van der Waals surface area (Å²) in [5, 5.41) is 8.67. The second-order valence-electron chi connectivity index (χ2n) is 14.5. The lowest BCUT2D eigenvalue weighted by molar-refractivity contribution is 0.456. The van der Waals surface area contributed by atoms with Gasteiger partial charge < -0.3 is 10.6 Å². The second kappa shape index (κ2) is 13.0. The van der Waals surface area contributed by atoms with Crippen LogP contribution in [-0.2, 0) is 17.7 Å². The van der Waals surface area contributed by atoms with Crippen LogP contribution < -0.4 is 10.6 Å². The normalized spacial score (nSPS) is 22.2. The number of benzene rings is 2. The highest BCUT2D eigenvalue weighted by molar-refractivity contribution is 7.60. The van der Waals surface area contributed by atoms with Gasteiger partial charge in [0.05, 0.1) is 0 Å². The molecule has 0 bridgehead atoms. The molecular weight excluding hydrogens is 510 g/mol. The van der Waals surface area contributed by atoms with Crippen molar-refractivity contribution in [3.63, 3.8) is 0 Å². The second-order valence-corrected chi connectivity index (χ2v) is 21.0. The number of hydrogen-bond donors (Lipinski definition) is 2. The van der Waals surface area contributed by atoms with E-state index in [0.717, 1.165) is 0 Å². The van der Waals surface area contributed by atoms with E-state index in [1.54, 1.807) is 11.1 Å². The summed E-state index contributed by atoms with van der Waals surface area (Å²) in [7, 11) is -0.383. The summed E-state index contributed by atoms with van der Waals surface area (Å²) in [6, 6.07) is 18.8. The molecule has 2 unspecified atom stereocenters. The lowest BCUT2D eigenvalue weighted by atomic mass is 9.77. The molecule has 2 nitrogen and oxygen atoms in total. The highest BCUT2D eigenvalue weighted by atomic mass is 31.1. The minimum absolute atomic E-state index is 0.0116. The molecule has 2 aliphatic rings. The summed E-state index contributed by atoms with van der Waals surface area (Å²) in [5.74, 6) is 1.38. The van der Waals surface area contributed by atoms with Gasteiger partial charge in [0, 0.05) is 17.0 Å². The molecule has 2 aliphatic heterocycles. The fourth-order valence-corrected chi connectivity index (χ4v) is 13.8. The van der Waals surface area contributed by atoms with Crippen molar-refractivity contribution in [1.29, 1.82) is 0 Å². The third-order valence-corrected chi connectivity index (χ3v) is 16.2. The van der Waals surface area contributed by atoms with Crippen molar-refractivity contribution < 1.29 is 0 Å². The van der Waals surface area contributed by atoms with Crippen LogP contribution in [-0.4, -0.2) is 35.0 Å². The molecule has 0 saturated carbocycles. The molecule has 0 radical (unpaired) electrons. The molecule has 0 spiro atoms. The molecule has 2 N–H and O–H groups in total. The van der Waals surface area contributed by atoms with Crippen LogP contribution in [0, 0.1) is 0 Å². The Morgan fingerprint density at radius 3 is 1.69 bits per heavy atom. The third kappa shape index (κ3) is 7.95. The maximum atomic E-state index is 4.01. The summed E-state index contributed by atoms with van der Waals surface area (Å²) in [6.07, 6.45) is 10.6. The van der Waals surface area contributed by atoms with E-state index in [2.05, 4.69) is 115 Å². The summed E-state index contributed by atoms with van der Waals surface area (Å²) < 4.78 is 0. The van der Waals surface area contributed by atoms with Gasteiger partial charge in [0.25, 0.3) is 0 Å². The number of rotatable bonds is 8. The molecule has 4 rings (SSSR count). The van der Waals surface area contributed by atoms with Gasteiger partial charge in [-0.15, -0.1) is 0 Å². The van der Waals surface area contributed by atoms with Gasteiger partial charge in [0.2, 0.25) is 0 Å². The first-order valence-electron chi connectivity index (χ1n) is 15.6. The molecule has 4 heteroatoms.